The number of amides is 1. The number of aromatic nitrogens is 1. The average Bonchev–Trinajstić information content (AvgIpc) is 3.03. The van der Waals surface area contributed by atoms with Crippen LogP contribution in [0.4, 0.5) is 5.13 Å². The first-order chi connectivity index (χ1) is 12.1. The van der Waals surface area contributed by atoms with Crippen LogP contribution in [0.1, 0.15) is 16.0 Å². The quantitative estimate of drug-likeness (QED) is 0.517. The summed E-state index contributed by atoms with van der Waals surface area (Å²) in [6.07, 6.45) is 5.81. The Labute approximate surface area is 163 Å². The Morgan fingerprint density at radius 3 is 2.60 bits per heavy atom. The summed E-state index contributed by atoms with van der Waals surface area (Å²) in [5, 5.41) is 4.05. The van der Waals surface area contributed by atoms with Gasteiger partial charge in [-0.15, -0.1) is 11.3 Å². The fourth-order valence-electron chi connectivity index (χ4n) is 2.14. The molecule has 0 saturated heterocycles. The summed E-state index contributed by atoms with van der Waals surface area (Å²) in [5.41, 5.74) is 2.11. The van der Waals surface area contributed by atoms with Crippen LogP contribution in [-0.4, -0.2) is 10.9 Å². The molecule has 0 aliphatic carbocycles. The highest BCUT2D eigenvalue weighted by atomic mass is 79.9. The maximum atomic E-state index is 12.0. The van der Waals surface area contributed by atoms with E-state index in [1.54, 1.807) is 24.4 Å². The Bertz CT molecular complexity index is 889. The zero-order valence-corrected chi connectivity index (χ0v) is 16.2. The van der Waals surface area contributed by atoms with Gasteiger partial charge in [-0.3, -0.25) is 10.1 Å². The third-order valence-electron chi connectivity index (χ3n) is 3.37. The van der Waals surface area contributed by atoms with Gasteiger partial charge in [0.25, 0.3) is 0 Å². The number of rotatable bonds is 5. The fourth-order valence-corrected chi connectivity index (χ4v) is 3.38. The zero-order chi connectivity index (χ0) is 17.6. The second-order valence-electron chi connectivity index (χ2n) is 5.31. The van der Waals surface area contributed by atoms with E-state index in [4.69, 9.17) is 11.6 Å². The minimum absolute atomic E-state index is 0.209. The van der Waals surface area contributed by atoms with Crippen LogP contribution in [0.2, 0.25) is 5.02 Å². The van der Waals surface area contributed by atoms with Gasteiger partial charge in [0.15, 0.2) is 5.13 Å². The summed E-state index contributed by atoms with van der Waals surface area (Å²) in [6, 6.07) is 15.4. The molecule has 0 fully saturated rings. The molecule has 0 radical (unpaired) electrons. The standard InChI is InChI=1S/C19H14BrClN2OS/c20-15-6-1-14(2-7-15)11-17-12-22-19(25-17)23-18(24)10-5-13-3-8-16(21)9-4-13/h1-10,12H,11H2,(H,22,23,24). The van der Waals surface area contributed by atoms with E-state index in [1.165, 1.54) is 23.0 Å². The molecule has 0 spiro atoms. The molecule has 126 valence electrons. The van der Waals surface area contributed by atoms with Crippen molar-refractivity contribution in [3.05, 3.63) is 86.3 Å². The number of hydrogen-bond donors (Lipinski definition) is 1. The zero-order valence-electron chi connectivity index (χ0n) is 13.1. The Balaban J connectivity index is 1.57. The fraction of sp³-hybridized carbons (Fsp3) is 0.0526. The summed E-state index contributed by atoms with van der Waals surface area (Å²) in [6.45, 7) is 0. The van der Waals surface area contributed by atoms with Crippen LogP contribution in [0.5, 0.6) is 0 Å². The lowest BCUT2D eigenvalue weighted by atomic mass is 10.1. The molecule has 3 rings (SSSR count). The first-order valence-electron chi connectivity index (χ1n) is 7.52. The van der Waals surface area contributed by atoms with Gasteiger partial charge in [0.2, 0.25) is 5.91 Å². The predicted octanol–water partition coefficient (Wildman–Crippen LogP) is 5.80. The van der Waals surface area contributed by atoms with Crippen LogP contribution < -0.4 is 5.32 Å². The number of benzene rings is 2. The second-order valence-corrected chi connectivity index (χ2v) is 7.78. The number of thiazole rings is 1. The highest BCUT2D eigenvalue weighted by Gasteiger charge is 2.05. The maximum Gasteiger partial charge on any atom is 0.250 e. The molecule has 0 unspecified atom stereocenters. The number of nitrogens with one attached hydrogen (secondary N) is 1. The second kappa shape index (κ2) is 8.43. The molecule has 0 aliphatic rings. The summed E-state index contributed by atoms with van der Waals surface area (Å²) < 4.78 is 1.06. The number of carbonyl (C=O) groups excluding carboxylic acids is 1. The topological polar surface area (TPSA) is 42.0 Å². The lowest BCUT2D eigenvalue weighted by Crippen LogP contribution is -2.07. The number of anilines is 1. The Hall–Kier alpha value is -1.95. The summed E-state index contributed by atoms with van der Waals surface area (Å²) in [7, 11) is 0. The molecule has 1 amide bonds. The molecule has 3 aromatic rings. The molecular formula is C19H14BrClN2OS. The molecule has 0 saturated carbocycles. The number of nitrogens with zero attached hydrogens (tertiary/aromatic N) is 1. The third kappa shape index (κ3) is 5.53. The largest absolute Gasteiger partial charge is 0.298 e. The van der Waals surface area contributed by atoms with Gasteiger partial charge in [-0.05, 0) is 41.5 Å². The van der Waals surface area contributed by atoms with Gasteiger partial charge in [-0.2, -0.15) is 0 Å². The monoisotopic (exact) mass is 432 g/mol. The van der Waals surface area contributed by atoms with Gasteiger partial charge in [0.1, 0.15) is 0 Å². The molecule has 3 nitrogen and oxygen atoms in total. The van der Waals surface area contributed by atoms with Crippen molar-refractivity contribution in [2.45, 2.75) is 6.42 Å². The van der Waals surface area contributed by atoms with Crippen molar-refractivity contribution < 1.29 is 4.79 Å². The highest BCUT2D eigenvalue weighted by molar-refractivity contribution is 9.10. The van der Waals surface area contributed by atoms with E-state index in [-0.39, 0.29) is 5.91 Å². The van der Waals surface area contributed by atoms with E-state index >= 15 is 0 Å². The van der Waals surface area contributed by atoms with Gasteiger partial charge >= 0.3 is 0 Å². The summed E-state index contributed by atoms with van der Waals surface area (Å²) in [5.74, 6) is -0.209. The molecule has 1 N–H and O–H groups in total. The van der Waals surface area contributed by atoms with Crippen molar-refractivity contribution in [2.24, 2.45) is 0 Å². The van der Waals surface area contributed by atoms with Crippen molar-refractivity contribution in [3.8, 4) is 0 Å². The van der Waals surface area contributed by atoms with E-state index < -0.39 is 0 Å². The van der Waals surface area contributed by atoms with Gasteiger partial charge < -0.3 is 0 Å². The molecule has 25 heavy (non-hydrogen) atoms. The summed E-state index contributed by atoms with van der Waals surface area (Å²) in [4.78, 5) is 17.4. The number of halogens is 2. The molecule has 1 aromatic heterocycles. The van der Waals surface area contributed by atoms with E-state index in [0.717, 1.165) is 21.3 Å². The molecule has 0 aliphatic heterocycles. The first-order valence-corrected chi connectivity index (χ1v) is 9.51. The van der Waals surface area contributed by atoms with Crippen LogP contribution in [0.3, 0.4) is 0 Å². The van der Waals surface area contributed by atoms with Crippen LogP contribution in [0.25, 0.3) is 6.08 Å². The van der Waals surface area contributed by atoms with Gasteiger partial charge in [-0.25, -0.2) is 4.98 Å². The summed E-state index contributed by atoms with van der Waals surface area (Å²) >= 11 is 10.7. The SMILES string of the molecule is O=C(C=Cc1ccc(Cl)cc1)Nc1ncc(Cc2ccc(Br)cc2)s1. The Morgan fingerprint density at radius 1 is 1.16 bits per heavy atom. The highest BCUT2D eigenvalue weighted by Crippen LogP contribution is 2.22. The average molecular weight is 434 g/mol. The van der Waals surface area contributed by atoms with Crippen LogP contribution in [0.15, 0.2) is 65.3 Å². The van der Waals surface area contributed by atoms with Crippen molar-refractivity contribution >= 4 is 56.0 Å². The third-order valence-corrected chi connectivity index (χ3v) is 5.07. The minimum Gasteiger partial charge on any atom is -0.298 e. The Kier molecular flexibility index (Phi) is 6.02. The van der Waals surface area contributed by atoms with E-state index in [2.05, 4.69) is 38.4 Å². The molecule has 0 bridgehead atoms. The maximum absolute atomic E-state index is 12.0. The number of hydrogen-bond acceptors (Lipinski definition) is 3. The lowest BCUT2D eigenvalue weighted by molar-refractivity contribution is -0.111. The normalized spacial score (nSPS) is 11.0. The van der Waals surface area contributed by atoms with Crippen LogP contribution in [0, 0.1) is 0 Å². The van der Waals surface area contributed by atoms with Crippen molar-refractivity contribution in [1.82, 2.24) is 4.98 Å². The van der Waals surface area contributed by atoms with E-state index in [1.807, 2.05) is 24.3 Å². The predicted molar refractivity (Wildman–Crippen MR) is 108 cm³/mol. The van der Waals surface area contributed by atoms with Crippen molar-refractivity contribution in [1.29, 1.82) is 0 Å². The Morgan fingerprint density at radius 2 is 1.88 bits per heavy atom. The van der Waals surface area contributed by atoms with Gasteiger partial charge in [-0.1, -0.05) is 51.8 Å². The van der Waals surface area contributed by atoms with Gasteiger partial charge in [0, 0.05) is 33.1 Å². The molecule has 0 atom stereocenters. The first kappa shape index (κ1) is 17.9. The van der Waals surface area contributed by atoms with Crippen molar-refractivity contribution in [2.75, 3.05) is 5.32 Å². The smallest absolute Gasteiger partial charge is 0.250 e. The van der Waals surface area contributed by atoms with E-state index in [0.29, 0.717) is 10.2 Å². The van der Waals surface area contributed by atoms with E-state index in [9.17, 15) is 4.79 Å². The van der Waals surface area contributed by atoms with Crippen LogP contribution in [-0.2, 0) is 11.2 Å². The van der Waals surface area contributed by atoms with Crippen molar-refractivity contribution in [3.63, 3.8) is 0 Å². The number of carbonyl (C=O) groups is 1. The molecule has 6 heteroatoms. The van der Waals surface area contributed by atoms with Crippen LogP contribution >= 0.6 is 38.9 Å². The molecular weight excluding hydrogens is 420 g/mol. The lowest BCUT2D eigenvalue weighted by Gasteiger charge is -1.98. The minimum atomic E-state index is -0.209. The molecule has 1 heterocycles. The van der Waals surface area contributed by atoms with Gasteiger partial charge in [0.05, 0.1) is 0 Å². The molecule has 2 aromatic carbocycles.